The maximum atomic E-state index is 12.7. The van der Waals surface area contributed by atoms with Crippen LogP contribution in [0.25, 0.3) is 6.08 Å². The van der Waals surface area contributed by atoms with Gasteiger partial charge >= 0.3 is 11.9 Å². The molecule has 0 amide bonds. The van der Waals surface area contributed by atoms with E-state index in [1.807, 2.05) is 0 Å². The number of hydrogen-bond acceptors (Lipinski definition) is 6. The number of hydrogen-bond donors (Lipinski definition) is 0. The monoisotopic (exact) mass is 410 g/mol. The second kappa shape index (κ2) is 9.87. The third-order valence-corrected chi connectivity index (χ3v) is 4.32. The van der Waals surface area contributed by atoms with Crippen LogP contribution in [0, 0.1) is 13.8 Å². The fourth-order valence-electron chi connectivity index (χ4n) is 3.15. The van der Waals surface area contributed by atoms with Crippen LogP contribution >= 0.6 is 0 Å². The number of esters is 2. The Balaban J connectivity index is 2.41. The van der Waals surface area contributed by atoms with Crippen molar-refractivity contribution < 1.29 is 28.6 Å². The van der Waals surface area contributed by atoms with Crippen LogP contribution in [0.2, 0.25) is 0 Å². The van der Waals surface area contributed by atoms with E-state index < -0.39 is 11.9 Å². The first kappa shape index (κ1) is 22.9. The zero-order valence-corrected chi connectivity index (χ0v) is 18.1. The Kier molecular flexibility index (Phi) is 7.53. The van der Waals surface area contributed by atoms with Crippen molar-refractivity contribution in [1.82, 2.24) is 0 Å². The molecule has 6 heteroatoms. The van der Waals surface area contributed by atoms with Crippen LogP contribution in [0.15, 0.2) is 36.4 Å². The molecule has 0 N–H and O–H groups in total. The van der Waals surface area contributed by atoms with Gasteiger partial charge in [-0.25, -0.2) is 4.79 Å². The molecule has 0 aliphatic rings. The summed E-state index contributed by atoms with van der Waals surface area (Å²) in [6.45, 7) is 8.43. The van der Waals surface area contributed by atoms with Gasteiger partial charge in [0.25, 0.3) is 0 Å². The van der Waals surface area contributed by atoms with Crippen molar-refractivity contribution >= 4 is 23.8 Å². The zero-order valence-electron chi connectivity index (χ0n) is 18.1. The molecule has 0 saturated carbocycles. The number of benzene rings is 2. The van der Waals surface area contributed by atoms with Crippen molar-refractivity contribution in [2.24, 2.45) is 0 Å². The third-order valence-electron chi connectivity index (χ3n) is 4.32. The van der Waals surface area contributed by atoms with Crippen LogP contribution in [-0.4, -0.2) is 30.9 Å². The minimum atomic E-state index is -0.504. The van der Waals surface area contributed by atoms with Crippen LogP contribution in [0.1, 0.15) is 58.2 Å². The molecule has 30 heavy (non-hydrogen) atoms. The molecule has 0 aliphatic carbocycles. The number of para-hydroxylation sites is 1. The highest BCUT2D eigenvalue weighted by Gasteiger charge is 2.20. The van der Waals surface area contributed by atoms with Gasteiger partial charge in [-0.05, 0) is 63.6 Å². The average molecular weight is 410 g/mol. The van der Waals surface area contributed by atoms with E-state index in [0.717, 1.165) is 0 Å². The van der Waals surface area contributed by atoms with Gasteiger partial charge in [0.15, 0.2) is 5.78 Å². The standard InChI is InChI=1S/C24H26O6/c1-14(2)29-24(27)22-15(3)13-18(23(28-6)16(22)4)11-12-20(26)19-9-7-8-10-21(19)30-17(5)25/h7-14H,1-6H3. The Morgan fingerprint density at radius 3 is 2.33 bits per heavy atom. The second-order valence-electron chi connectivity index (χ2n) is 7.06. The van der Waals surface area contributed by atoms with Crippen LogP contribution in [-0.2, 0) is 9.53 Å². The highest BCUT2D eigenvalue weighted by molar-refractivity contribution is 6.09. The molecule has 2 aromatic carbocycles. The summed E-state index contributed by atoms with van der Waals surface area (Å²) in [6, 6.07) is 8.29. The molecular formula is C24H26O6. The van der Waals surface area contributed by atoms with Gasteiger partial charge in [0, 0.05) is 18.1 Å². The predicted molar refractivity (Wildman–Crippen MR) is 114 cm³/mol. The fourth-order valence-corrected chi connectivity index (χ4v) is 3.15. The summed E-state index contributed by atoms with van der Waals surface area (Å²) in [5.74, 6) is -0.567. The Bertz CT molecular complexity index is 1000. The van der Waals surface area contributed by atoms with E-state index in [9.17, 15) is 14.4 Å². The summed E-state index contributed by atoms with van der Waals surface area (Å²) in [7, 11) is 1.50. The lowest BCUT2D eigenvalue weighted by Crippen LogP contribution is -2.15. The maximum Gasteiger partial charge on any atom is 0.339 e. The summed E-state index contributed by atoms with van der Waals surface area (Å²) < 4.78 is 15.9. The van der Waals surface area contributed by atoms with Crippen molar-refractivity contribution in [3.63, 3.8) is 0 Å². The van der Waals surface area contributed by atoms with Crippen molar-refractivity contribution in [3.8, 4) is 11.5 Å². The highest BCUT2D eigenvalue weighted by atomic mass is 16.5. The minimum absolute atomic E-state index is 0.200. The first-order chi connectivity index (χ1) is 14.1. The topological polar surface area (TPSA) is 78.9 Å². The van der Waals surface area contributed by atoms with Gasteiger partial charge in [-0.3, -0.25) is 9.59 Å². The van der Waals surface area contributed by atoms with Crippen molar-refractivity contribution in [2.75, 3.05) is 7.11 Å². The molecular weight excluding hydrogens is 384 g/mol. The lowest BCUT2D eigenvalue weighted by atomic mass is 9.97. The number of carbonyl (C=O) groups excluding carboxylic acids is 3. The summed E-state index contributed by atoms with van der Waals surface area (Å²) in [5.41, 5.74) is 2.71. The SMILES string of the molecule is COc1c(C=CC(=O)c2ccccc2OC(C)=O)cc(C)c(C(=O)OC(C)C)c1C. The lowest BCUT2D eigenvalue weighted by molar-refractivity contribution is -0.131. The highest BCUT2D eigenvalue weighted by Crippen LogP contribution is 2.31. The minimum Gasteiger partial charge on any atom is -0.496 e. The predicted octanol–water partition coefficient (Wildman–Crippen LogP) is 4.70. The first-order valence-electron chi connectivity index (χ1n) is 9.54. The quantitative estimate of drug-likeness (QED) is 0.285. The Hall–Kier alpha value is -3.41. The molecule has 2 aromatic rings. The van der Waals surface area contributed by atoms with E-state index >= 15 is 0 Å². The molecule has 0 unspecified atom stereocenters. The molecule has 6 nitrogen and oxygen atoms in total. The molecule has 0 fully saturated rings. The molecule has 0 aliphatic heterocycles. The van der Waals surface area contributed by atoms with Crippen LogP contribution in [0.4, 0.5) is 0 Å². The Morgan fingerprint density at radius 1 is 1.07 bits per heavy atom. The first-order valence-corrected chi connectivity index (χ1v) is 9.54. The van der Waals surface area contributed by atoms with E-state index in [1.165, 1.54) is 20.1 Å². The summed E-state index contributed by atoms with van der Waals surface area (Å²) >= 11 is 0. The molecule has 0 bridgehead atoms. The lowest BCUT2D eigenvalue weighted by Gasteiger charge is -2.17. The number of ketones is 1. The number of allylic oxidation sites excluding steroid dienone is 1. The zero-order chi connectivity index (χ0) is 22.4. The summed E-state index contributed by atoms with van der Waals surface area (Å²) in [4.78, 5) is 36.4. The summed E-state index contributed by atoms with van der Waals surface area (Å²) in [5, 5.41) is 0. The van der Waals surface area contributed by atoms with Crippen LogP contribution in [0.5, 0.6) is 11.5 Å². The Morgan fingerprint density at radius 2 is 1.73 bits per heavy atom. The van der Waals surface area contributed by atoms with Crippen molar-refractivity contribution in [1.29, 1.82) is 0 Å². The smallest absolute Gasteiger partial charge is 0.339 e. The average Bonchev–Trinajstić information content (AvgIpc) is 2.65. The summed E-state index contributed by atoms with van der Waals surface area (Å²) in [6.07, 6.45) is 2.76. The molecule has 0 spiro atoms. The van der Waals surface area contributed by atoms with Crippen molar-refractivity contribution in [3.05, 3.63) is 64.2 Å². The van der Waals surface area contributed by atoms with Gasteiger partial charge in [0.1, 0.15) is 11.5 Å². The largest absolute Gasteiger partial charge is 0.496 e. The second-order valence-corrected chi connectivity index (χ2v) is 7.06. The van der Waals surface area contributed by atoms with Gasteiger partial charge in [0.2, 0.25) is 0 Å². The van der Waals surface area contributed by atoms with Gasteiger partial charge < -0.3 is 14.2 Å². The van der Waals surface area contributed by atoms with E-state index in [1.54, 1.807) is 64.1 Å². The van der Waals surface area contributed by atoms with E-state index in [2.05, 4.69) is 0 Å². The molecule has 0 saturated heterocycles. The normalized spacial score (nSPS) is 10.9. The van der Waals surface area contributed by atoms with Crippen molar-refractivity contribution in [2.45, 2.75) is 40.7 Å². The number of methoxy groups -OCH3 is 1. The number of ether oxygens (including phenoxy) is 3. The van der Waals surface area contributed by atoms with E-state index in [-0.39, 0.29) is 23.2 Å². The molecule has 0 aromatic heterocycles. The molecule has 0 heterocycles. The van der Waals surface area contributed by atoms with E-state index in [4.69, 9.17) is 14.2 Å². The van der Waals surface area contributed by atoms with E-state index in [0.29, 0.717) is 28.0 Å². The maximum absolute atomic E-state index is 12.7. The number of rotatable bonds is 7. The van der Waals surface area contributed by atoms with Gasteiger partial charge in [-0.15, -0.1) is 0 Å². The number of carbonyl (C=O) groups is 3. The van der Waals surface area contributed by atoms with Crippen LogP contribution in [0.3, 0.4) is 0 Å². The Labute approximate surface area is 176 Å². The number of aryl methyl sites for hydroxylation is 1. The molecule has 158 valence electrons. The molecule has 0 atom stereocenters. The fraction of sp³-hybridized carbons (Fsp3) is 0.292. The van der Waals surface area contributed by atoms with Crippen LogP contribution < -0.4 is 9.47 Å². The third kappa shape index (κ3) is 5.35. The molecule has 2 rings (SSSR count). The molecule has 0 radical (unpaired) electrons. The van der Waals surface area contributed by atoms with Gasteiger partial charge in [0.05, 0.1) is 24.3 Å². The van der Waals surface area contributed by atoms with Gasteiger partial charge in [-0.1, -0.05) is 12.1 Å². The van der Waals surface area contributed by atoms with Gasteiger partial charge in [-0.2, -0.15) is 0 Å².